The van der Waals surface area contributed by atoms with Crippen LogP contribution in [-0.4, -0.2) is 30.4 Å². The first kappa shape index (κ1) is 20.1. The Balaban J connectivity index is 1.81. The molecule has 148 valence electrons. The zero-order valence-electron chi connectivity index (χ0n) is 15.1. The molecule has 1 N–H and O–H groups in total. The zero-order valence-corrected chi connectivity index (χ0v) is 15.9. The van der Waals surface area contributed by atoms with Gasteiger partial charge in [-0.2, -0.15) is 0 Å². The molecule has 0 atom stereocenters. The molecule has 9 heteroatoms. The number of anilines is 2. The van der Waals surface area contributed by atoms with Gasteiger partial charge in [-0.15, -0.1) is 0 Å². The van der Waals surface area contributed by atoms with Gasteiger partial charge in [0.05, 0.1) is 23.8 Å². The number of amides is 2. The van der Waals surface area contributed by atoms with Crippen LogP contribution in [0.2, 0.25) is 0 Å². The van der Waals surface area contributed by atoms with Gasteiger partial charge in [0.15, 0.2) is 0 Å². The van der Waals surface area contributed by atoms with Crippen LogP contribution in [0, 0.1) is 0 Å². The fraction of sp³-hybridized carbons (Fsp3) is 0.100. The number of rotatable bonds is 6. The number of esters is 1. The molecule has 29 heavy (non-hydrogen) atoms. The van der Waals surface area contributed by atoms with E-state index >= 15 is 0 Å². The van der Waals surface area contributed by atoms with Crippen molar-refractivity contribution < 1.29 is 29.0 Å². The molecule has 2 amide bonds. The number of carbonyl (C=O) groups is 4. The van der Waals surface area contributed by atoms with Crippen LogP contribution in [0.4, 0.5) is 11.4 Å². The highest BCUT2D eigenvalue weighted by atomic mass is 35.5. The second kappa shape index (κ2) is 8.15. The van der Waals surface area contributed by atoms with Crippen LogP contribution in [0.3, 0.4) is 0 Å². The maximum Gasteiger partial charge on any atom is 0.338 e. The Bertz CT molecular complexity index is 1030. The summed E-state index contributed by atoms with van der Waals surface area (Å²) in [5.41, 5.74) is 0.694. The van der Waals surface area contributed by atoms with Gasteiger partial charge < -0.3 is 20.0 Å². The summed E-state index contributed by atoms with van der Waals surface area (Å²) in [4.78, 5) is 48.6. The van der Waals surface area contributed by atoms with E-state index in [1.165, 1.54) is 48.5 Å². The van der Waals surface area contributed by atoms with Crippen LogP contribution < -0.4 is 15.3 Å². The summed E-state index contributed by atoms with van der Waals surface area (Å²) in [6, 6.07) is 11.2. The average molecular weight is 414 g/mol. The van der Waals surface area contributed by atoms with Crippen LogP contribution in [-0.2, 0) is 14.3 Å². The van der Waals surface area contributed by atoms with Gasteiger partial charge in [0, 0.05) is 5.69 Å². The fourth-order valence-electron chi connectivity index (χ4n) is 2.64. The molecule has 0 aliphatic carbocycles. The first-order valence-corrected chi connectivity index (χ1v) is 8.85. The Labute approximate surface area is 170 Å². The molecule has 0 unspecified atom stereocenters. The number of nitrogens with zero attached hydrogens (tertiary/aromatic N) is 1. The number of nitrogens with one attached hydrogen (secondary N) is 1. The molecule has 1 heterocycles. The molecule has 8 nitrogen and oxygen atoms in total. The van der Waals surface area contributed by atoms with Gasteiger partial charge in [-0.3, -0.25) is 9.59 Å². The van der Waals surface area contributed by atoms with Gasteiger partial charge in [-0.1, -0.05) is 23.7 Å². The van der Waals surface area contributed by atoms with E-state index in [1.54, 1.807) is 6.92 Å². The second-order valence-electron chi connectivity index (χ2n) is 5.89. The maximum absolute atomic E-state index is 12.7. The molecule has 2 aromatic rings. The van der Waals surface area contributed by atoms with Crippen molar-refractivity contribution in [1.29, 1.82) is 0 Å². The fourth-order valence-corrected chi connectivity index (χ4v) is 2.85. The highest BCUT2D eigenvalue weighted by molar-refractivity contribution is 6.53. The largest absolute Gasteiger partial charge is 0.545 e. The number of aromatic carboxylic acids is 1. The second-order valence-corrected chi connectivity index (χ2v) is 6.27. The molecule has 0 aromatic heterocycles. The SMILES string of the molecule is CCOC(=O)c1ccc(N2C(=O)C(Cl)=C(Nc3ccc(C(=O)[O-])cc3)C2=O)cc1. The van der Waals surface area contributed by atoms with Crippen LogP contribution in [0.5, 0.6) is 0 Å². The number of hydrogen-bond donors (Lipinski definition) is 1. The van der Waals surface area contributed by atoms with Crippen molar-refractivity contribution in [1.82, 2.24) is 0 Å². The number of carboxylic acids is 1. The van der Waals surface area contributed by atoms with E-state index < -0.39 is 23.8 Å². The van der Waals surface area contributed by atoms with Crippen molar-refractivity contribution in [2.24, 2.45) is 0 Å². The lowest BCUT2D eigenvalue weighted by Crippen LogP contribution is -2.32. The summed E-state index contributed by atoms with van der Waals surface area (Å²) in [7, 11) is 0. The zero-order chi connectivity index (χ0) is 21.1. The summed E-state index contributed by atoms with van der Waals surface area (Å²) in [6.45, 7) is 1.91. The molecule has 1 aliphatic heterocycles. The minimum atomic E-state index is -1.33. The van der Waals surface area contributed by atoms with Crippen molar-refractivity contribution in [3.8, 4) is 0 Å². The van der Waals surface area contributed by atoms with E-state index in [-0.39, 0.29) is 34.2 Å². The number of imide groups is 1. The summed E-state index contributed by atoms with van der Waals surface area (Å²) < 4.78 is 4.89. The smallest absolute Gasteiger partial charge is 0.338 e. The van der Waals surface area contributed by atoms with Crippen LogP contribution in [0.15, 0.2) is 59.3 Å². The molecular weight excluding hydrogens is 400 g/mol. The molecule has 0 radical (unpaired) electrons. The predicted octanol–water partition coefficient (Wildman–Crippen LogP) is 1.66. The molecule has 0 bridgehead atoms. The summed E-state index contributed by atoms with van der Waals surface area (Å²) in [6.07, 6.45) is 0. The molecule has 1 aliphatic rings. The van der Waals surface area contributed by atoms with E-state index in [2.05, 4.69) is 5.32 Å². The number of halogens is 1. The molecule has 3 rings (SSSR count). The van der Waals surface area contributed by atoms with E-state index in [4.69, 9.17) is 16.3 Å². The van der Waals surface area contributed by atoms with Crippen molar-refractivity contribution in [2.45, 2.75) is 6.92 Å². The Hall–Kier alpha value is -3.65. The van der Waals surface area contributed by atoms with Crippen molar-refractivity contribution in [3.05, 3.63) is 70.4 Å². The van der Waals surface area contributed by atoms with E-state index in [0.29, 0.717) is 5.69 Å². The van der Waals surface area contributed by atoms with E-state index in [1.807, 2.05) is 0 Å². The van der Waals surface area contributed by atoms with Crippen LogP contribution in [0.1, 0.15) is 27.6 Å². The third kappa shape index (κ3) is 3.97. The monoisotopic (exact) mass is 413 g/mol. The van der Waals surface area contributed by atoms with Gasteiger partial charge in [0.2, 0.25) is 0 Å². The predicted molar refractivity (Wildman–Crippen MR) is 102 cm³/mol. The van der Waals surface area contributed by atoms with Gasteiger partial charge in [-0.05, 0) is 48.9 Å². The number of ether oxygens (including phenoxy) is 1. The molecular formula is C20H14ClN2O6-. The highest BCUT2D eigenvalue weighted by Crippen LogP contribution is 2.30. The lowest BCUT2D eigenvalue weighted by molar-refractivity contribution is -0.255. The first-order chi connectivity index (χ1) is 13.8. The third-order valence-electron chi connectivity index (χ3n) is 4.05. The Morgan fingerprint density at radius 1 is 1.00 bits per heavy atom. The summed E-state index contributed by atoms with van der Waals surface area (Å²) in [5.74, 6) is -3.27. The normalized spacial score (nSPS) is 13.7. The van der Waals surface area contributed by atoms with Crippen LogP contribution in [0.25, 0.3) is 0 Å². The molecule has 0 fully saturated rings. The van der Waals surface area contributed by atoms with Crippen molar-refractivity contribution in [2.75, 3.05) is 16.8 Å². The molecule has 0 spiro atoms. The molecule has 2 aromatic carbocycles. The third-order valence-corrected chi connectivity index (χ3v) is 4.40. The average Bonchev–Trinajstić information content (AvgIpc) is 2.92. The van der Waals surface area contributed by atoms with Gasteiger partial charge >= 0.3 is 5.97 Å². The quantitative estimate of drug-likeness (QED) is 0.565. The standard InChI is InChI=1S/C20H15ClN2O6/c1-2-29-20(28)12-5-9-14(10-6-12)23-17(24)15(21)16(18(23)25)22-13-7-3-11(4-8-13)19(26)27/h3-10,22H,2H2,1H3,(H,26,27)/p-1. The summed E-state index contributed by atoms with van der Waals surface area (Å²) in [5, 5.41) is 13.2. The maximum atomic E-state index is 12.7. The van der Waals surface area contributed by atoms with Gasteiger partial charge in [-0.25, -0.2) is 9.69 Å². The van der Waals surface area contributed by atoms with E-state index in [9.17, 15) is 24.3 Å². The molecule has 0 saturated carbocycles. The van der Waals surface area contributed by atoms with Crippen molar-refractivity contribution >= 4 is 46.7 Å². The minimum absolute atomic E-state index is 0.0345. The number of benzene rings is 2. The van der Waals surface area contributed by atoms with Crippen LogP contribution >= 0.6 is 11.6 Å². The number of carboxylic acid groups (broad SMARTS) is 1. The van der Waals surface area contributed by atoms with Gasteiger partial charge in [0.1, 0.15) is 10.7 Å². The lowest BCUT2D eigenvalue weighted by atomic mass is 10.2. The Kier molecular flexibility index (Phi) is 5.65. The topological polar surface area (TPSA) is 116 Å². The number of hydrogen-bond acceptors (Lipinski definition) is 7. The first-order valence-electron chi connectivity index (χ1n) is 8.47. The van der Waals surface area contributed by atoms with Gasteiger partial charge in [0.25, 0.3) is 11.8 Å². The van der Waals surface area contributed by atoms with E-state index in [0.717, 1.165) is 4.90 Å². The minimum Gasteiger partial charge on any atom is -0.545 e. The Morgan fingerprint density at radius 2 is 1.59 bits per heavy atom. The highest BCUT2D eigenvalue weighted by Gasteiger charge is 2.39. The Morgan fingerprint density at radius 3 is 2.14 bits per heavy atom. The summed E-state index contributed by atoms with van der Waals surface area (Å²) >= 11 is 6.05. The lowest BCUT2D eigenvalue weighted by Gasteiger charge is -2.15. The number of carbonyl (C=O) groups excluding carboxylic acids is 4. The molecule has 0 saturated heterocycles. The van der Waals surface area contributed by atoms with Crippen molar-refractivity contribution in [3.63, 3.8) is 0 Å².